The maximum Gasteiger partial charge on any atom is 0.113 e. The molecule has 0 radical (unpaired) electrons. The first-order valence-corrected chi connectivity index (χ1v) is 8.52. The van der Waals surface area contributed by atoms with Crippen molar-refractivity contribution in [1.29, 1.82) is 0 Å². The molecule has 4 rings (SSSR count). The van der Waals surface area contributed by atoms with E-state index in [0.717, 1.165) is 16.4 Å². The predicted octanol–water partition coefficient (Wildman–Crippen LogP) is 4.59. The van der Waals surface area contributed by atoms with Crippen molar-refractivity contribution in [2.75, 3.05) is 0 Å². The standard InChI is InChI=1S/C18H20OS/c19-18(17-11-14-7-3-9-16(14)20-17)15-8-2-6-13(10-15)12-4-1-5-12/h2,6,8,10-12,18-19H,1,3-5,7,9H2. The molecule has 1 saturated carbocycles. The molecule has 1 unspecified atom stereocenters. The highest BCUT2D eigenvalue weighted by molar-refractivity contribution is 7.12. The topological polar surface area (TPSA) is 20.2 Å². The van der Waals surface area contributed by atoms with Gasteiger partial charge >= 0.3 is 0 Å². The number of benzene rings is 1. The minimum Gasteiger partial charge on any atom is -0.383 e. The number of rotatable bonds is 3. The van der Waals surface area contributed by atoms with Crippen LogP contribution in [0.1, 0.15) is 64.1 Å². The molecule has 1 atom stereocenters. The van der Waals surface area contributed by atoms with Gasteiger partial charge in [-0.3, -0.25) is 0 Å². The van der Waals surface area contributed by atoms with E-state index in [2.05, 4.69) is 30.3 Å². The first-order valence-electron chi connectivity index (χ1n) is 7.70. The highest BCUT2D eigenvalue weighted by Gasteiger charge is 2.22. The zero-order valence-corrected chi connectivity index (χ0v) is 12.5. The molecule has 2 heteroatoms. The van der Waals surface area contributed by atoms with E-state index in [4.69, 9.17) is 0 Å². The third-order valence-corrected chi connectivity index (χ3v) is 6.13. The van der Waals surface area contributed by atoms with Crippen molar-refractivity contribution in [2.24, 2.45) is 0 Å². The van der Waals surface area contributed by atoms with E-state index in [1.807, 2.05) is 11.3 Å². The van der Waals surface area contributed by atoms with Crippen molar-refractivity contribution in [1.82, 2.24) is 0 Å². The summed E-state index contributed by atoms with van der Waals surface area (Å²) in [5, 5.41) is 10.7. The number of hydrogen-bond acceptors (Lipinski definition) is 2. The number of fused-ring (bicyclic) bond motifs is 1. The van der Waals surface area contributed by atoms with E-state index < -0.39 is 6.10 Å². The molecule has 2 aromatic rings. The van der Waals surface area contributed by atoms with Gasteiger partial charge in [0.1, 0.15) is 6.10 Å². The van der Waals surface area contributed by atoms with Crippen molar-refractivity contribution in [2.45, 2.75) is 50.5 Å². The fourth-order valence-corrected chi connectivity index (χ4v) is 4.65. The van der Waals surface area contributed by atoms with Gasteiger partial charge in [0.25, 0.3) is 0 Å². The van der Waals surface area contributed by atoms with Gasteiger partial charge in [0, 0.05) is 9.75 Å². The second-order valence-corrected chi connectivity index (χ2v) is 7.32. The third-order valence-electron chi connectivity index (χ3n) is 4.84. The molecule has 0 amide bonds. The first kappa shape index (κ1) is 12.6. The summed E-state index contributed by atoms with van der Waals surface area (Å²) < 4.78 is 0. The monoisotopic (exact) mass is 284 g/mol. The van der Waals surface area contributed by atoms with Crippen LogP contribution in [-0.2, 0) is 12.8 Å². The van der Waals surface area contributed by atoms with Gasteiger partial charge in [0.2, 0.25) is 0 Å². The Bertz CT molecular complexity index is 603. The first-order chi connectivity index (χ1) is 9.81. The molecule has 0 saturated heterocycles. The molecule has 1 nitrogen and oxygen atoms in total. The molecule has 1 heterocycles. The molecule has 1 fully saturated rings. The van der Waals surface area contributed by atoms with E-state index in [0.29, 0.717) is 0 Å². The summed E-state index contributed by atoms with van der Waals surface area (Å²) in [6.45, 7) is 0. The van der Waals surface area contributed by atoms with Gasteiger partial charge in [-0.15, -0.1) is 11.3 Å². The maximum absolute atomic E-state index is 10.7. The van der Waals surface area contributed by atoms with E-state index in [1.54, 1.807) is 0 Å². The van der Waals surface area contributed by atoms with Gasteiger partial charge in [-0.2, -0.15) is 0 Å². The van der Waals surface area contributed by atoms with Crippen LogP contribution in [0.5, 0.6) is 0 Å². The Hall–Kier alpha value is -1.12. The minimum atomic E-state index is -0.439. The zero-order valence-electron chi connectivity index (χ0n) is 11.6. The van der Waals surface area contributed by atoms with Crippen LogP contribution in [-0.4, -0.2) is 5.11 Å². The van der Waals surface area contributed by atoms with Gasteiger partial charge in [0.15, 0.2) is 0 Å². The van der Waals surface area contributed by atoms with Gasteiger partial charge < -0.3 is 5.11 Å². The van der Waals surface area contributed by atoms with Crippen molar-refractivity contribution in [3.8, 4) is 0 Å². The van der Waals surface area contributed by atoms with Crippen molar-refractivity contribution >= 4 is 11.3 Å². The summed E-state index contributed by atoms with van der Waals surface area (Å²) in [6, 6.07) is 10.8. The minimum absolute atomic E-state index is 0.439. The van der Waals surface area contributed by atoms with Crippen LogP contribution in [0.3, 0.4) is 0 Å². The Morgan fingerprint density at radius 3 is 2.75 bits per heavy atom. The molecule has 1 N–H and O–H groups in total. The second-order valence-electron chi connectivity index (χ2n) is 6.15. The molecule has 2 aliphatic carbocycles. The number of hydrogen-bond donors (Lipinski definition) is 1. The molecule has 104 valence electrons. The van der Waals surface area contributed by atoms with Crippen LogP contribution in [0, 0.1) is 0 Å². The van der Waals surface area contributed by atoms with E-state index in [1.165, 1.54) is 54.5 Å². The largest absolute Gasteiger partial charge is 0.383 e. The van der Waals surface area contributed by atoms with Crippen molar-refractivity contribution in [3.05, 3.63) is 56.8 Å². The Morgan fingerprint density at radius 1 is 1.10 bits per heavy atom. The molecule has 1 aromatic heterocycles. The zero-order chi connectivity index (χ0) is 13.5. The Kier molecular flexibility index (Phi) is 3.16. The summed E-state index contributed by atoms with van der Waals surface area (Å²) in [5.41, 5.74) is 3.95. The summed E-state index contributed by atoms with van der Waals surface area (Å²) >= 11 is 1.81. The van der Waals surface area contributed by atoms with Crippen molar-refractivity contribution < 1.29 is 5.11 Å². The lowest BCUT2D eigenvalue weighted by molar-refractivity contribution is 0.224. The second kappa shape index (κ2) is 5.01. The summed E-state index contributed by atoms with van der Waals surface area (Å²) in [6.07, 6.45) is 7.23. The fraction of sp³-hybridized carbons (Fsp3) is 0.444. The highest BCUT2D eigenvalue weighted by atomic mass is 32.1. The summed E-state index contributed by atoms with van der Waals surface area (Å²) in [5.74, 6) is 0.732. The van der Waals surface area contributed by atoms with Gasteiger partial charge in [-0.05, 0) is 60.8 Å². The van der Waals surface area contributed by atoms with Crippen LogP contribution in [0.2, 0.25) is 0 Å². The Morgan fingerprint density at radius 2 is 2.00 bits per heavy atom. The van der Waals surface area contributed by atoms with Crippen molar-refractivity contribution in [3.63, 3.8) is 0 Å². The smallest absolute Gasteiger partial charge is 0.113 e. The summed E-state index contributed by atoms with van der Waals surface area (Å²) in [4.78, 5) is 2.62. The summed E-state index contributed by atoms with van der Waals surface area (Å²) in [7, 11) is 0. The number of aliphatic hydroxyl groups is 1. The predicted molar refractivity (Wildman–Crippen MR) is 83.4 cm³/mol. The fourth-order valence-electron chi connectivity index (χ4n) is 3.38. The van der Waals surface area contributed by atoms with Crippen LogP contribution in [0.25, 0.3) is 0 Å². The van der Waals surface area contributed by atoms with Crippen LogP contribution >= 0.6 is 11.3 Å². The molecule has 2 aliphatic rings. The lowest BCUT2D eigenvalue weighted by Gasteiger charge is -2.26. The van der Waals surface area contributed by atoms with Gasteiger partial charge in [0.05, 0.1) is 0 Å². The average Bonchev–Trinajstić information content (AvgIpc) is 2.96. The lowest BCUT2D eigenvalue weighted by Crippen LogP contribution is -2.09. The van der Waals surface area contributed by atoms with E-state index in [9.17, 15) is 5.11 Å². The van der Waals surface area contributed by atoms with Gasteiger partial charge in [-0.25, -0.2) is 0 Å². The molecule has 0 aliphatic heterocycles. The third kappa shape index (κ3) is 2.11. The molecule has 0 spiro atoms. The van der Waals surface area contributed by atoms with Crippen LogP contribution < -0.4 is 0 Å². The van der Waals surface area contributed by atoms with Crippen LogP contribution in [0.15, 0.2) is 30.3 Å². The Balaban J connectivity index is 1.62. The molecule has 0 bridgehead atoms. The highest BCUT2D eigenvalue weighted by Crippen LogP contribution is 2.39. The quantitative estimate of drug-likeness (QED) is 0.874. The number of aryl methyl sites for hydroxylation is 2. The number of thiophene rings is 1. The molecule has 20 heavy (non-hydrogen) atoms. The normalized spacial score (nSPS) is 19.6. The molecular weight excluding hydrogens is 264 g/mol. The average molecular weight is 284 g/mol. The Labute approximate surface area is 124 Å². The SMILES string of the molecule is OC(c1cccc(C2CCC2)c1)c1cc2c(s1)CCC2. The number of aliphatic hydroxyl groups excluding tert-OH is 1. The molecule has 1 aromatic carbocycles. The maximum atomic E-state index is 10.7. The lowest BCUT2D eigenvalue weighted by atomic mass is 9.79. The molecular formula is C18H20OS. The van der Waals surface area contributed by atoms with Gasteiger partial charge in [-0.1, -0.05) is 30.7 Å². The van der Waals surface area contributed by atoms with E-state index >= 15 is 0 Å². The van der Waals surface area contributed by atoms with Crippen LogP contribution in [0.4, 0.5) is 0 Å². The van der Waals surface area contributed by atoms with E-state index in [-0.39, 0.29) is 0 Å².